The van der Waals surface area contributed by atoms with Gasteiger partial charge in [-0.15, -0.1) is 0 Å². The summed E-state index contributed by atoms with van der Waals surface area (Å²) in [6.45, 7) is 1.49. The molecule has 1 amide bonds. The fourth-order valence-electron chi connectivity index (χ4n) is 1.29. The van der Waals surface area contributed by atoms with E-state index in [0.29, 0.717) is 11.4 Å². The van der Waals surface area contributed by atoms with Crippen molar-refractivity contribution in [2.75, 3.05) is 5.32 Å². The Morgan fingerprint density at radius 1 is 1.47 bits per heavy atom. The van der Waals surface area contributed by atoms with Gasteiger partial charge in [-0.2, -0.15) is 0 Å². The van der Waals surface area contributed by atoms with Crippen molar-refractivity contribution in [3.63, 3.8) is 0 Å². The molecule has 0 saturated heterocycles. The van der Waals surface area contributed by atoms with Crippen LogP contribution in [0.3, 0.4) is 0 Å². The molecule has 1 fully saturated rings. The predicted octanol–water partition coefficient (Wildman–Crippen LogP) is 1.63. The molecule has 0 atom stereocenters. The van der Waals surface area contributed by atoms with Crippen molar-refractivity contribution in [1.82, 2.24) is 4.98 Å². The molecule has 1 aromatic rings. The molecule has 2 rings (SSSR count). The maximum absolute atomic E-state index is 11.4. The number of nitrogens with zero attached hydrogens (tertiary/aromatic N) is 1. The van der Waals surface area contributed by atoms with Crippen LogP contribution in [-0.4, -0.2) is 16.7 Å². The minimum atomic E-state index is -0.0284. The van der Waals surface area contributed by atoms with E-state index in [1.165, 1.54) is 13.1 Å². The average Bonchev–Trinajstić information content (AvgIpc) is 3.01. The molecule has 0 spiro atoms. The Balaban J connectivity index is 2.10. The van der Waals surface area contributed by atoms with Gasteiger partial charge in [-0.05, 0) is 31.9 Å². The standard InChI is InChI=1S/C11H12N2O2/c1-7(14)9-4-5-12-10(6-9)13-11(15)8-2-3-8/h4-6,8H,2-3H2,1H3,(H,12,13,15). The Morgan fingerprint density at radius 2 is 2.20 bits per heavy atom. The second kappa shape index (κ2) is 3.81. The van der Waals surface area contributed by atoms with Crippen molar-refractivity contribution in [1.29, 1.82) is 0 Å². The second-order valence-corrected chi connectivity index (χ2v) is 3.75. The van der Waals surface area contributed by atoms with Crippen molar-refractivity contribution in [2.45, 2.75) is 19.8 Å². The number of anilines is 1. The molecule has 4 nitrogen and oxygen atoms in total. The zero-order valence-electron chi connectivity index (χ0n) is 8.49. The largest absolute Gasteiger partial charge is 0.310 e. The molecule has 1 aliphatic carbocycles. The number of hydrogen-bond donors (Lipinski definition) is 1. The highest BCUT2D eigenvalue weighted by Crippen LogP contribution is 2.29. The van der Waals surface area contributed by atoms with Crippen LogP contribution in [-0.2, 0) is 4.79 Å². The first kappa shape index (κ1) is 9.83. The first-order valence-electron chi connectivity index (χ1n) is 4.94. The van der Waals surface area contributed by atoms with E-state index < -0.39 is 0 Å². The number of rotatable bonds is 3. The van der Waals surface area contributed by atoms with Gasteiger partial charge < -0.3 is 5.32 Å². The van der Waals surface area contributed by atoms with E-state index in [1.807, 2.05) is 0 Å². The van der Waals surface area contributed by atoms with Crippen molar-refractivity contribution >= 4 is 17.5 Å². The highest BCUT2D eigenvalue weighted by Gasteiger charge is 2.29. The summed E-state index contributed by atoms with van der Waals surface area (Å²) in [7, 11) is 0. The number of hydrogen-bond acceptors (Lipinski definition) is 3. The van der Waals surface area contributed by atoms with Crippen LogP contribution in [0.1, 0.15) is 30.1 Å². The number of aromatic nitrogens is 1. The summed E-state index contributed by atoms with van der Waals surface area (Å²) in [6, 6.07) is 3.23. The van der Waals surface area contributed by atoms with E-state index in [1.54, 1.807) is 12.1 Å². The van der Waals surface area contributed by atoms with E-state index in [4.69, 9.17) is 0 Å². The quantitative estimate of drug-likeness (QED) is 0.761. The monoisotopic (exact) mass is 204 g/mol. The zero-order valence-corrected chi connectivity index (χ0v) is 8.49. The maximum Gasteiger partial charge on any atom is 0.228 e. The lowest BCUT2D eigenvalue weighted by Crippen LogP contribution is -2.14. The van der Waals surface area contributed by atoms with Gasteiger partial charge in [0, 0.05) is 17.7 Å². The summed E-state index contributed by atoms with van der Waals surface area (Å²) in [5, 5.41) is 2.70. The third-order valence-corrected chi connectivity index (χ3v) is 2.37. The molecule has 0 radical (unpaired) electrons. The molecule has 15 heavy (non-hydrogen) atoms. The first-order valence-corrected chi connectivity index (χ1v) is 4.94. The van der Waals surface area contributed by atoms with Gasteiger partial charge in [0.25, 0.3) is 0 Å². The van der Waals surface area contributed by atoms with Crippen LogP contribution in [0.5, 0.6) is 0 Å². The van der Waals surface area contributed by atoms with Gasteiger partial charge in [0.15, 0.2) is 5.78 Å². The van der Waals surface area contributed by atoms with Gasteiger partial charge >= 0.3 is 0 Å². The smallest absolute Gasteiger partial charge is 0.228 e. The summed E-state index contributed by atoms with van der Waals surface area (Å²) in [4.78, 5) is 26.5. The highest BCUT2D eigenvalue weighted by atomic mass is 16.2. The van der Waals surface area contributed by atoms with Gasteiger partial charge in [-0.3, -0.25) is 9.59 Å². The fourth-order valence-corrected chi connectivity index (χ4v) is 1.29. The summed E-state index contributed by atoms with van der Waals surface area (Å²) in [5.41, 5.74) is 0.566. The van der Waals surface area contributed by atoms with Crippen LogP contribution in [0.25, 0.3) is 0 Å². The molecular weight excluding hydrogens is 192 g/mol. The lowest BCUT2D eigenvalue weighted by molar-refractivity contribution is -0.117. The van der Waals surface area contributed by atoms with Gasteiger partial charge in [-0.1, -0.05) is 0 Å². The lowest BCUT2D eigenvalue weighted by Gasteiger charge is -2.03. The SMILES string of the molecule is CC(=O)c1ccnc(NC(=O)C2CC2)c1. The number of carbonyl (C=O) groups is 2. The maximum atomic E-state index is 11.4. The molecular formula is C11H12N2O2. The Bertz CT molecular complexity index is 411. The topological polar surface area (TPSA) is 59.1 Å². The van der Waals surface area contributed by atoms with Gasteiger partial charge in [-0.25, -0.2) is 4.98 Å². The third-order valence-electron chi connectivity index (χ3n) is 2.37. The average molecular weight is 204 g/mol. The highest BCUT2D eigenvalue weighted by molar-refractivity contribution is 5.97. The van der Waals surface area contributed by atoms with E-state index in [-0.39, 0.29) is 17.6 Å². The molecule has 4 heteroatoms. The van der Waals surface area contributed by atoms with Gasteiger partial charge in [0.2, 0.25) is 5.91 Å². The predicted molar refractivity (Wildman–Crippen MR) is 55.6 cm³/mol. The van der Waals surface area contributed by atoms with Crippen LogP contribution in [0, 0.1) is 5.92 Å². The molecule has 78 valence electrons. The molecule has 1 N–H and O–H groups in total. The molecule has 0 bridgehead atoms. The number of pyridine rings is 1. The number of ketones is 1. The molecule has 1 aliphatic rings. The third kappa shape index (κ3) is 2.40. The van der Waals surface area contributed by atoms with E-state index in [9.17, 15) is 9.59 Å². The molecule has 0 aliphatic heterocycles. The minimum absolute atomic E-state index is 0.00296. The van der Waals surface area contributed by atoms with Crippen LogP contribution in [0.4, 0.5) is 5.82 Å². The minimum Gasteiger partial charge on any atom is -0.310 e. The van der Waals surface area contributed by atoms with E-state index >= 15 is 0 Å². The molecule has 0 aromatic carbocycles. The normalized spacial score (nSPS) is 14.7. The number of amides is 1. The van der Waals surface area contributed by atoms with Crippen molar-refractivity contribution < 1.29 is 9.59 Å². The van der Waals surface area contributed by atoms with Crippen LogP contribution >= 0.6 is 0 Å². The number of Topliss-reactive ketones (excluding diaryl/α,β-unsaturated/α-hetero) is 1. The Kier molecular flexibility index (Phi) is 2.49. The fraction of sp³-hybridized carbons (Fsp3) is 0.364. The Morgan fingerprint density at radius 3 is 2.80 bits per heavy atom. The van der Waals surface area contributed by atoms with E-state index in [0.717, 1.165) is 12.8 Å². The number of carbonyl (C=O) groups excluding carboxylic acids is 2. The van der Waals surface area contributed by atoms with Gasteiger partial charge in [0.1, 0.15) is 5.82 Å². The Hall–Kier alpha value is -1.71. The lowest BCUT2D eigenvalue weighted by atomic mass is 10.2. The molecule has 0 unspecified atom stereocenters. The van der Waals surface area contributed by atoms with Crippen molar-refractivity contribution in [3.05, 3.63) is 23.9 Å². The second-order valence-electron chi connectivity index (χ2n) is 3.75. The van der Waals surface area contributed by atoms with Gasteiger partial charge in [0.05, 0.1) is 0 Å². The number of nitrogens with one attached hydrogen (secondary N) is 1. The molecule has 1 saturated carbocycles. The summed E-state index contributed by atoms with van der Waals surface area (Å²) < 4.78 is 0. The van der Waals surface area contributed by atoms with Crippen molar-refractivity contribution in [3.8, 4) is 0 Å². The summed E-state index contributed by atoms with van der Waals surface area (Å²) in [6.07, 6.45) is 3.44. The van der Waals surface area contributed by atoms with Crippen molar-refractivity contribution in [2.24, 2.45) is 5.92 Å². The van der Waals surface area contributed by atoms with Crippen LogP contribution in [0.2, 0.25) is 0 Å². The first-order chi connectivity index (χ1) is 7.16. The molecule has 1 heterocycles. The molecule has 1 aromatic heterocycles. The summed E-state index contributed by atoms with van der Waals surface area (Å²) >= 11 is 0. The Labute approximate surface area is 87.7 Å². The zero-order chi connectivity index (χ0) is 10.8. The van der Waals surface area contributed by atoms with Crippen LogP contribution in [0.15, 0.2) is 18.3 Å². The van der Waals surface area contributed by atoms with Crippen LogP contribution < -0.4 is 5.32 Å². The summed E-state index contributed by atoms with van der Waals surface area (Å²) in [5.74, 6) is 0.579. The van der Waals surface area contributed by atoms with E-state index in [2.05, 4.69) is 10.3 Å².